The molecule has 0 atom stereocenters. The molecule has 0 amide bonds. The molecule has 2 aromatic rings. The average molecular weight is 374 g/mol. The first-order valence-electron chi connectivity index (χ1n) is 5.54. The Morgan fingerprint density at radius 1 is 1.28 bits per heavy atom. The molecule has 0 aliphatic carbocycles. The van der Waals surface area contributed by atoms with Crippen LogP contribution in [-0.2, 0) is 6.54 Å². The minimum Gasteiger partial charge on any atom is -0.506 e. The van der Waals surface area contributed by atoms with Gasteiger partial charge in [-0.15, -0.1) is 0 Å². The van der Waals surface area contributed by atoms with Gasteiger partial charge < -0.3 is 10.4 Å². The van der Waals surface area contributed by atoms with E-state index >= 15 is 0 Å². The summed E-state index contributed by atoms with van der Waals surface area (Å²) in [5.74, 6) is 0.148. The molecular formula is C14H13ClINO. The first-order chi connectivity index (χ1) is 8.58. The summed E-state index contributed by atoms with van der Waals surface area (Å²) in [6.07, 6.45) is 0. The van der Waals surface area contributed by atoms with Crippen LogP contribution < -0.4 is 5.32 Å². The monoisotopic (exact) mass is 373 g/mol. The van der Waals surface area contributed by atoms with Crippen LogP contribution in [0.3, 0.4) is 0 Å². The number of nitrogens with one attached hydrogen (secondary N) is 1. The maximum absolute atomic E-state index is 9.82. The number of phenols is 1. The van der Waals surface area contributed by atoms with Gasteiger partial charge in [-0.3, -0.25) is 0 Å². The lowest BCUT2D eigenvalue weighted by atomic mass is 10.1. The Hall–Kier alpha value is -0.940. The summed E-state index contributed by atoms with van der Waals surface area (Å²) in [5.41, 5.74) is 3.04. The summed E-state index contributed by atoms with van der Waals surface area (Å²) >= 11 is 8.16. The van der Waals surface area contributed by atoms with E-state index in [0.29, 0.717) is 11.6 Å². The smallest absolute Gasteiger partial charge is 0.139 e. The Kier molecular flexibility index (Phi) is 4.35. The third-order valence-corrected chi connectivity index (χ3v) is 3.70. The predicted octanol–water partition coefficient (Wildman–Crippen LogP) is 4.57. The molecule has 0 fully saturated rings. The second kappa shape index (κ2) is 5.80. The quantitative estimate of drug-likeness (QED) is 0.773. The Bertz CT molecular complexity index is 572. The Balaban J connectivity index is 2.14. The van der Waals surface area contributed by atoms with Crippen LogP contribution in [0.4, 0.5) is 5.69 Å². The third kappa shape index (κ3) is 3.09. The van der Waals surface area contributed by atoms with Gasteiger partial charge in [0, 0.05) is 21.4 Å². The van der Waals surface area contributed by atoms with Crippen LogP contribution in [0.25, 0.3) is 0 Å². The van der Waals surface area contributed by atoms with Crippen LogP contribution in [0.1, 0.15) is 11.1 Å². The molecule has 0 aliphatic rings. The molecule has 4 heteroatoms. The van der Waals surface area contributed by atoms with Gasteiger partial charge in [0.25, 0.3) is 0 Å². The summed E-state index contributed by atoms with van der Waals surface area (Å²) in [5, 5.41) is 13.5. The largest absolute Gasteiger partial charge is 0.506 e. The maximum Gasteiger partial charge on any atom is 0.139 e. The topological polar surface area (TPSA) is 32.3 Å². The van der Waals surface area contributed by atoms with Gasteiger partial charge in [0.05, 0.1) is 5.02 Å². The van der Waals surface area contributed by atoms with Gasteiger partial charge in [-0.2, -0.15) is 0 Å². The van der Waals surface area contributed by atoms with Crippen LogP contribution in [-0.4, -0.2) is 5.11 Å². The lowest BCUT2D eigenvalue weighted by molar-refractivity contribution is 0.469. The molecular weight excluding hydrogens is 361 g/mol. The van der Waals surface area contributed by atoms with E-state index in [4.69, 9.17) is 11.6 Å². The van der Waals surface area contributed by atoms with Crippen molar-refractivity contribution in [2.24, 2.45) is 0 Å². The maximum atomic E-state index is 9.82. The molecule has 2 rings (SSSR count). The standard InChI is InChI=1S/C14H13ClINO/c1-9-7-11(16)5-6-13(9)17-8-10-3-2-4-12(15)14(10)18/h2-7,17-18H,8H2,1H3. The van der Waals surface area contributed by atoms with E-state index in [-0.39, 0.29) is 5.75 Å². The second-order valence-electron chi connectivity index (χ2n) is 4.06. The summed E-state index contributed by atoms with van der Waals surface area (Å²) in [6, 6.07) is 11.6. The normalized spacial score (nSPS) is 10.4. The lowest BCUT2D eigenvalue weighted by Gasteiger charge is -2.11. The zero-order chi connectivity index (χ0) is 13.1. The molecule has 2 aromatic carbocycles. The van der Waals surface area contributed by atoms with E-state index in [2.05, 4.69) is 40.9 Å². The molecule has 0 radical (unpaired) electrons. The number of phenolic OH excluding ortho intramolecular Hbond substituents is 1. The van der Waals surface area contributed by atoms with E-state index in [1.807, 2.05) is 24.3 Å². The molecule has 0 saturated carbocycles. The van der Waals surface area contributed by atoms with E-state index in [0.717, 1.165) is 11.3 Å². The highest BCUT2D eigenvalue weighted by atomic mass is 127. The van der Waals surface area contributed by atoms with Crippen LogP contribution in [0.5, 0.6) is 5.75 Å². The molecule has 0 heterocycles. The Morgan fingerprint density at radius 2 is 2.06 bits per heavy atom. The van der Waals surface area contributed by atoms with Crippen molar-refractivity contribution in [3.8, 4) is 5.75 Å². The molecule has 0 aromatic heterocycles. The molecule has 0 aliphatic heterocycles. The van der Waals surface area contributed by atoms with Gasteiger partial charge in [0.1, 0.15) is 5.75 Å². The first kappa shape index (κ1) is 13.5. The highest BCUT2D eigenvalue weighted by Crippen LogP contribution is 2.28. The first-order valence-corrected chi connectivity index (χ1v) is 7.00. The van der Waals surface area contributed by atoms with E-state index in [1.54, 1.807) is 6.07 Å². The van der Waals surface area contributed by atoms with Gasteiger partial charge in [-0.05, 0) is 59.3 Å². The number of hydrogen-bond donors (Lipinski definition) is 2. The predicted molar refractivity (Wildman–Crippen MR) is 84.3 cm³/mol. The van der Waals surface area contributed by atoms with Crippen molar-refractivity contribution >= 4 is 39.9 Å². The Labute approximate surface area is 125 Å². The average Bonchev–Trinajstić information content (AvgIpc) is 2.33. The van der Waals surface area contributed by atoms with Crippen LogP contribution in [0.2, 0.25) is 5.02 Å². The molecule has 0 unspecified atom stereocenters. The number of aromatic hydroxyl groups is 1. The fourth-order valence-corrected chi connectivity index (χ4v) is 2.56. The van der Waals surface area contributed by atoms with E-state index in [1.165, 1.54) is 9.13 Å². The van der Waals surface area contributed by atoms with Crippen molar-refractivity contribution in [3.05, 3.63) is 56.1 Å². The molecule has 2 N–H and O–H groups in total. The molecule has 18 heavy (non-hydrogen) atoms. The second-order valence-corrected chi connectivity index (χ2v) is 5.71. The number of aryl methyl sites for hydroxylation is 1. The lowest BCUT2D eigenvalue weighted by Crippen LogP contribution is -2.01. The fourth-order valence-electron chi connectivity index (χ4n) is 1.72. The molecule has 0 spiro atoms. The van der Waals surface area contributed by atoms with Crippen molar-refractivity contribution in [2.75, 3.05) is 5.32 Å². The van der Waals surface area contributed by atoms with E-state index in [9.17, 15) is 5.11 Å². The van der Waals surface area contributed by atoms with Gasteiger partial charge in [-0.1, -0.05) is 23.7 Å². The molecule has 2 nitrogen and oxygen atoms in total. The number of para-hydroxylation sites is 1. The SMILES string of the molecule is Cc1cc(I)ccc1NCc1cccc(Cl)c1O. The van der Waals surface area contributed by atoms with Crippen LogP contribution >= 0.6 is 34.2 Å². The van der Waals surface area contributed by atoms with Crippen LogP contribution in [0.15, 0.2) is 36.4 Å². The van der Waals surface area contributed by atoms with E-state index < -0.39 is 0 Å². The Morgan fingerprint density at radius 3 is 2.78 bits per heavy atom. The van der Waals surface area contributed by atoms with Crippen molar-refractivity contribution in [2.45, 2.75) is 13.5 Å². The number of anilines is 1. The van der Waals surface area contributed by atoms with Crippen LogP contribution in [0, 0.1) is 10.5 Å². The third-order valence-electron chi connectivity index (χ3n) is 2.73. The summed E-state index contributed by atoms with van der Waals surface area (Å²) in [6.45, 7) is 2.61. The van der Waals surface area contributed by atoms with Crippen molar-refractivity contribution in [1.29, 1.82) is 0 Å². The van der Waals surface area contributed by atoms with Gasteiger partial charge in [0.15, 0.2) is 0 Å². The highest BCUT2D eigenvalue weighted by Gasteiger charge is 2.05. The number of rotatable bonds is 3. The summed E-state index contributed by atoms with van der Waals surface area (Å²) in [7, 11) is 0. The highest BCUT2D eigenvalue weighted by molar-refractivity contribution is 14.1. The summed E-state index contributed by atoms with van der Waals surface area (Å²) in [4.78, 5) is 0. The molecule has 0 saturated heterocycles. The number of hydrogen-bond acceptors (Lipinski definition) is 2. The zero-order valence-electron chi connectivity index (χ0n) is 9.87. The van der Waals surface area contributed by atoms with Gasteiger partial charge in [-0.25, -0.2) is 0 Å². The van der Waals surface area contributed by atoms with Crippen molar-refractivity contribution in [3.63, 3.8) is 0 Å². The summed E-state index contributed by atoms with van der Waals surface area (Å²) < 4.78 is 1.21. The van der Waals surface area contributed by atoms with Crippen molar-refractivity contribution < 1.29 is 5.11 Å². The van der Waals surface area contributed by atoms with Gasteiger partial charge in [0.2, 0.25) is 0 Å². The molecule has 0 bridgehead atoms. The van der Waals surface area contributed by atoms with Crippen molar-refractivity contribution in [1.82, 2.24) is 0 Å². The van der Waals surface area contributed by atoms with Gasteiger partial charge >= 0.3 is 0 Å². The zero-order valence-corrected chi connectivity index (χ0v) is 12.8. The number of halogens is 2. The molecule has 94 valence electrons. The fraction of sp³-hybridized carbons (Fsp3) is 0.143. The minimum absolute atomic E-state index is 0.148. The number of benzene rings is 2. The minimum atomic E-state index is 0.148.